The van der Waals surface area contributed by atoms with Gasteiger partial charge in [0.05, 0.1) is 29.6 Å². The summed E-state index contributed by atoms with van der Waals surface area (Å²) < 4.78 is 8.34. The van der Waals surface area contributed by atoms with Crippen molar-refractivity contribution in [2.24, 2.45) is 0 Å². The Morgan fingerprint density at radius 1 is 1.48 bits per heavy atom. The summed E-state index contributed by atoms with van der Waals surface area (Å²) in [5.41, 5.74) is 1.60. The molecule has 3 rings (SSSR count). The summed E-state index contributed by atoms with van der Waals surface area (Å²) in [5.74, 6) is -0.0888. The zero-order valence-electron chi connectivity index (χ0n) is 11.9. The van der Waals surface area contributed by atoms with Crippen LogP contribution in [0.1, 0.15) is 19.8 Å². The number of hydrogen-bond donors (Lipinski definition) is 2. The average molecular weight is 306 g/mol. The third-order valence-corrected chi connectivity index (χ3v) is 4.22. The van der Waals surface area contributed by atoms with E-state index in [-0.39, 0.29) is 5.91 Å². The monoisotopic (exact) mass is 306 g/mol. The Hall–Kier alpha value is -1.57. The maximum Gasteiger partial charge on any atom is 0.238 e. The van der Waals surface area contributed by atoms with E-state index in [2.05, 4.69) is 21.0 Å². The highest BCUT2D eigenvalue weighted by Gasteiger charge is 2.40. The number of hydrogen-bond acceptors (Lipinski definition) is 6. The van der Waals surface area contributed by atoms with Crippen LogP contribution >= 0.6 is 11.7 Å². The quantitative estimate of drug-likeness (QED) is 0.875. The summed E-state index contributed by atoms with van der Waals surface area (Å²) in [6.45, 7) is 3.48. The summed E-state index contributed by atoms with van der Waals surface area (Å²) in [4.78, 5) is 14.0. The molecule has 1 amide bonds. The number of β-amino-alcohol motifs (C(OH)–C–C–N with tert-alkyl or cyclic N) is 1. The number of nitrogens with zero attached hydrogens (tertiary/aromatic N) is 3. The molecule has 0 atom stereocenters. The van der Waals surface area contributed by atoms with Gasteiger partial charge in [-0.2, -0.15) is 8.75 Å². The molecular formula is C14H18N4O2S. The molecule has 0 unspecified atom stereocenters. The molecule has 0 bridgehead atoms. The summed E-state index contributed by atoms with van der Waals surface area (Å²) in [6, 6.07) is 5.54. The lowest BCUT2D eigenvalue weighted by Crippen LogP contribution is -2.62. The van der Waals surface area contributed by atoms with Crippen LogP contribution in [-0.4, -0.2) is 49.9 Å². The second-order valence-electron chi connectivity index (χ2n) is 5.61. The number of benzene rings is 1. The number of amides is 1. The fourth-order valence-corrected chi connectivity index (χ4v) is 3.37. The molecule has 0 spiro atoms. The molecule has 0 radical (unpaired) electrons. The molecule has 1 saturated heterocycles. The third-order valence-electron chi connectivity index (χ3n) is 3.68. The molecule has 1 fully saturated rings. The van der Waals surface area contributed by atoms with Gasteiger partial charge in [-0.05, 0) is 18.6 Å². The molecule has 1 aromatic heterocycles. The van der Waals surface area contributed by atoms with Crippen LogP contribution in [0.3, 0.4) is 0 Å². The lowest BCUT2D eigenvalue weighted by Gasteiger charge is -2.46. The Labute approximate surface area is 127 Å². The van der Waals surface area contributed by atoms with E-state index in [1.54, 1.807) is 0 Å². The topological polar surface area (TPSA) is 78.4 Å². The number of anilines is 1. The Balaban J connectivity index is 1.57. The number of aromatic nitrogens is 2. The number of fused-ring (bicyclic) bond motifs is 1. The van der Waals surface area contributed by atoms with Gasteiger partial charge < -0.3 is 10.4 Å². The zero-order valence-corrected chi connectivity index (χ0v) is 12.7. The predicted molar refractivity (Wildman–Crippen MR) is 82.3 cm³/mol. The molecular weight excluding hydrogens is 288 g/mol. The van der Waals surface area contributed by atoms with E-state index in [4.69, 9.17) is 0 Å². The van der Waals surface area contributed by atoms with Gasteiger partial charge in [0.1, 0.15) is 11.0 Å². The third kappa shape index (κ3) is 3.04. The average Bonchev–Trinajstić information content (AvgIpc) is 2.86. The molecule has 2 aromatic rings. The number of rotatable bonds is 5. The normalized spacial score (nSPS) is 17.6. The summed E-state index contributed by atoms with van der Waals surface area (Å²) in [6.07, 6.45) is 1.74. The van der Waals surface area contributed by atoms with Crippen molar-refractivity contribution in [3.8, 4) is 0 Å². The number of carbonyl (C=O) groups is 1. The second-order valence-corrected chi connectivity index (χ2v) is 6.13. The highest BCUT2D eigenvalue weighted by atomic mass is 32.1. The first-order chi connectivity index (χ1) is 10.1. The first-order valence-electron chi connectivity index (χ1n) is 7.05. The molecule has 2 heterocycles. The van der Waals surface area contributed by atoms with E-state index in [0.29, 0.717) is 25.3 Å². The fraction of sp³-hybridized carbons (Fsp3) is 0.500. The Morgan fingerprint density at radius 3 is 3.05 bits per heavy atom. The minimum Gasteiger partial charge on any atom is -0.387 e. The van der Waals surface area contributed by atoms with E-state index < -0.39 is 5.60 Å². The second kappa shape index (κ2) is 5.67. The van der Waals surface area contributed by atoms with E-state index in [1.807, 2.05) is 23.1 Å². The van der Waals surface area contributed by atoms with Crippen molar-refractivity contribution in [2.45, 2.75) is 25.4 Å². The molecule has 0 saturated carbocycles. The van der Waals surface area contributed by atoms with E-state index in [1.165, 1.54) is 0 Å². The van der Waals surface area contributed by atoms with Crippen molar-refractivity contribution in [1.29, 1.82) is 0 Å². The molecule has 7 heteroatoms. The highest BCUT2D eigenvalue weighted by Crippen LogP contribution is 2.26. The Morgan fingerprint density at radius 2 is 2.29 bits per heavy atom. The van der Waals surface area contributed by atoms with E-state index in [0.717, 1.165) is 35.6 Å². The van der Waals surface area contributed by atoms with Gasteiger partial charge in [0.15, 0.2) is 0 Å². The molecule has 0 aliphatic carbocycles. The van der Waals surface area contributed by atoms with Crippen LogP contribution < -0.4 is 5.32 Å². The lowest BCUT2D eigenvalue weighted by atomic mass is 9.89. The van der Waals surface area contributed by atoms with Crippen molar-refractivity contribution in [2.75, 3.05) is 25.0 Å². The van der Waals surface area contributed by atoms with Crippen molar-refractivity contribution >= 4 is 34.4 Å². The van der Waals surface area contributed by atoms with Gasteiger partial charge in [0, 0.05) is 13.1 Å². The van der Waals surface area contributed by atoms with Gasteiger partial charge in [-0.3, -0.25) is 9.69 Å². The van der Waals surface area contributed by atoms with Crippen LogP contribution in [0.2, 0.25) is 0 Å². The van der Waals surface area contributed by atoms with E-state index in [9.17, 15) is 9.90 Å². The van der Waals surface area contributed by atoms with Crippen molar-refractivity contribution < 1.29 is 9.90 Å². The predicted octanol–water partition coefficient (Wildman–Crippen LogP) is 1.48. The van der Waals surface area contributed by atoms with E-state index >= 15 is 0 Å². The Bertz CT molecular complexity index is 651. The largest absolute Gasteiger partial charge is 0.387 e. The first kappa shape index (κ1) is 14.4. The SMILES string of the molecule is CCCC1(O)CN(CC(=O)Nc2cccc3nsnc23)C1. The summed E-state index contributed by atoms with van der Waals surface area (Å²) in [5, 5.41) is 13.0. The van der Waals surface area contributed by atoms with Crippen molar-refractivity contribution in [1.82, 2.24) is 13.6 Å². The van der Waals surface area contributed by atoms with Crippen molar-refractivity contribution in [3.05, 3.63) is 18.2 Å². The summed E-state index contributed by atoms with van der Waals surface area (Å²) in [7, 11) is 0. The molecule has 6 nitrogen and oxygen atoms in total. The summed E-state index contributed by atoms with van der Waals surface area (Å²) >= 11 is 1.13. The van der Waals surface area contributed by atoms with Gasteiger partial charge in [-0.15, -0.1) is 0 Å². The maximum absolute atomic E-state index is 12.1. The van der Waals surface area contributed by atoms with Gasteiger partial charge in [0.25, 0.3) is 0 Å². The minimum atomic E-state index is -0.603. The molecule has 2 N–H and O–H groups in total. The number of carbonyl (C=O) groups excluding carboxylic acids is 1. The molecule has 1 aromatic carbocycles. The zero-order chi connectivity index (χ0) is 14.9. The first-order valence-corrected chi connectivity index (χ1v) is 7.78. The van der Waals surface area contributed by atoms with Gasteiger partial charge in [0.2, 0.25) is 5.91 Å². The lowest BCUT2D eigenvalue weighted by molar-refractivity contribution is -0.129. The van der Waals surface area contributed by atoms with Crippen LogP contribution in [0, 0.1) is 0 Å². The Kier molecular flexibility index (Phi) is 3.88. The molecule has 112 valence electrons. The van der Waals surface area contributed by atoms with Crippen LogP contribution in [0.15, 0.2) is 18.2 Å². The van der Waals surface area contributed by atoms with Crippen LogP contribution in [0.4, 0.5) is 5.69 Å². The number of aliphatic hydroxyl groups is 1. The maximum atomic E-state index is 12.1. The highest BCUT2D eigenvalue weighted by molar-refractivity contribution is 7.00. The number of likely N-dealkylation sites (tertiary alicyclic amines) is 1. The van der Waals surface area contributed by atoms with Crippen molar-refractivity contribution in [3.63, 3.8) is 0 Å². The van der Waals surface area contributed by atoms with Crippen LogP contribution in [0.5, 0.6) is 0 Å². The van der Waals surface area contributed by atoms with Gasteiger partial charge >= 0.3 is 0 Å². The van der Waals surface area contributed by atoms with Crippen LogP contribution in [0.25, 0.3) is 11.0 Å². The molecule has 21 heavy (non-hydrogen) atoms. The van der Waals surface area contributed by atoms with Gasteiger partial charge in [-0.1, -0.05) is 19.4 Å². The van der Waals surface area contributed by atoms with Crippen LogP contribution in [-0.2, 0) is 4.79 Å². The molecule has 1 aliphatic rings. The number of nitrogens with one attached hydrogen (secondary N) is 1. The molecule has 1 aliphatic heterocycles. The standard InChI is InChI=1S/C14H18N4O2S/c1-2-6-14(20)8-18(9-14)7-12(19)15-10-4-3-5-11-13(10)17-21-16-11/h3-5,20H,2,6-9H2,1H3,(H,15,19). The smallest absolute Gasteiger partial charge is 0.238 e. The fourth-order valence-electron chi connectivity index (χ4n) is 2.82. The van der Waals surface area contributed by atoms with Gasteiger partial charge in [-0.25, -0.2) is 0 Å². The minimum absolute atomic E-state index is 0.0888.